The number of ketones is 1. The van der Waals surface area contributed by atoms with Crippen LogP contribution in [0, 0.1) is 11.3 Å². The number of nitrogens with two attached hydrogens (primary N) is 1. The van der Waals surface area contributed by atoms with Crippen molar-refractivity contribution in [2.24, 2.45) is 17.1 Å². The van der Waals surface area contributed by atoms with Gasteiger partial charge in [0.25, 0.3) is 0 Å². The Hall–Kier alpha value is -0.370. The molecule has 0 bridgehead atoms. The third-order valence-corrected chi connectivity index (χ3v) is 3.67. The zero-order chi connectivity index (χ0) is 10.6. The molecule has 1 rings (SSSR count). The number of Topliss-reactive ketones (excluding diaryl/α,β-unsaturated/α-hetero) is 1. The van der Waals surface area contributed by atoms with Crippen molar-refractivity contribution in [3.63, 3.8) is 0 Å². The van der Waals surface area contributed by atoms with Crippen molar-refractivity contribution in [2.45, 2.75) is 52.4 Å². The molecule has 1 fully saturated rings. The molecular formula is C12H23NO. The third kappa shape index (κ3) is 2.57. The quantitative estimate of drug-likeness (QED) is 0.711. The van der Waals surface area contributed by atoms with Gasteiger partial charge in [0.2, 0.25) is 0 Å². The summed E-state index contributed by atoms with van der Waals surface area (Å²) in [4.78, 5) is 11.8. The maximum absolute atomic E-state index is 11.8. The number of carbonyl (C=O) groups is 1. The summed E-state index contributed by atoms with van der Waals surface area (Å²) in [5.74, 6) is 0.668. The molecule has 1 atom stereocenters. The van der Waals surface area contributed by atoms with Crippen molar-refractivity contribution in [2.75, 3.05) is 6.54 Å². The van der Waals surface area contributed by atoms with Gasteiger partial charge in [-0.25, -0.2) is 0 Å². The first-order valence-corrected chi connectivity index (χ1v) is 5.86. The van der Waals surface area contributed by atoms with Gasteiger partial charge in [-0.05, 0) is 31.2 Å². The highest BCUT2D eigenvalue weighted by atomic mass is 16.1. The number of hydrogen-bond donors (Lipinski definition) is 1. The molecule has 82 valence electrons. The first-order chi connectivity index (χ1) is 6.63. The number of hydrogen-bond acceptors (Lipinski definition) is 2. The molecule has 2 nitrogen and oxygen atoms in total. The van der Waals surface area contributed by atoms with Crippen molar-refractivity contribution in [3.8, 4) is 0 Å². The molecular weight excluding hydrogens is 174 g/mol. The molecule has 0 aromatic carbocycles. The van der Waals surface area contributed by atoms with Crippen molar-refractivity contribution in [3.05, 3.63) is 0 Å². The van der Waals surface area contributed by atoms with E-state index in [0.29, 0.717) is 12.3 Å². The van der Waals surface area contributed by atoms with Crippen molar-refractivity contribution >= 4 is 5.78 Å². The minimum absolute atomic E-state index is 0.194. The van der Waals surface area contributed by atoms with Gasteiger partial charge in [-0.2, -0.15) is 0 Å². The first-order valence-electron chi connectivity index (χ1n) is 5.86. The van der Waals surface area contributed by atoms with Crippen LogP contribution in [0.3, 0.4) is 0 Å². The lowest BCUT2D eigenvalue weighted by Gasteiger charge is -2.41. The molecule has 0 amide bonds. The van der Waals surface area contributed by atoms with E-state index in [9.17, 15) is 4.79 Å². The van der Waals surface area contributed by atoms with Crippen LogP contribution in [0.5, 0.6) is 0 Å². The fraction of sp³-hybridized carbons (Fsp3) is 0.917. The lowest BCUT2D eigenvalue weighted by Crippen LogP contribution is -2.40. The van der Waals surface area contributed by atoms with Crippen LogP contribution in [0.1, 0.15) is 52.4 Å². The Bertz CT molecular complexity index is 191. The summed E-state index contributed by atoms with van der Waals surface area (Å²) in [6, 6.07) is 0. The Morgan fingerprint density at radius 3 is 2.50 bits per heavy atom. The Morgan fingerprint density at radius 2 is 2.14 bits per heavy atom. The average molecular weight is 197 g/mol. The molecule has 1 saturated carbocycles. The van der Waals surface area contributed by atoms with Gasteiger partial charge < -0.3 is 5.73 Å². The van der Waals surface area contributed by atoms with Crippen LogP contribution in [-0.4, -0.2) is 12.3 Å². The van der Waals surface area contributed by atoms with Crippen LogP contribution >= 0.6 is 0 Å². The fourth-order valence-corrected chi connectivity index (χ4v) is 2.27. The predicted molar refractivity (Wildman–Crippen MR) is 59.0 cm³/mol. The van der Waals surface area contributed by atoms with E-state index >= 15 is 0 Å². The van der Waals surface area contributed by atoms with Crippen LogP contribution in [-0.2, 0) is 4.79 Å². The zero-order valence-corrected chi connectivity index (χ0v) is 9.51. The van der Waals surface area contributed by atoms with Gasteiger partial charge >= 0.3 is 0 Å². The van der Waals surface area contributed by atoms with E-state index in [1.165, 1.54) is 6.42 Å². The van der Waals surface area contributed by atoms with E-state index < -0.39 is 0 Å². The molecule has 2 heteroatoms. The molecule has 0 saturated heterocycles. The van der Waals surface area contributed by atoms with E-state index in [1.54, 1.807) is 0 Å². The molecule has 1 unspecified atom stereocenters. The second-order valence-corrected chi connectivity index (χ2v) is 4.89. The summed E-state index contributed by atoms with van der Waals surface area (Å²) < 4.78 is 0. The molecule has 0 heterocycles. The molecule has 0 aromatic rings. The topological polar surface area (TPSA) is 43.1 Å². The van der Waals surface area contributed by atoms with Crippen LogP contribution in [0.25, 0.3) is 0 Å². The molecule has 0 radical (unpaired) electrons. The maximum atomic E-state index is 11.8. The smallest absolute Gasteiger partial charge is 0.136 e. The lowest BCUT2D eigenvalue weighted by atomic mass is 9.65. The minimum Gasteiger partial charge on any atom is -0.330 e. The Morgan fingerprint density at radius 1 is 1.50 bits per heavy atom. The summed E-state index contributed by atoms with van der Waals surface area (Å²) in [6.45, 7) is 4.87. The van der Waals surface area contributed by atoms with Gasteiger partial charge in [0, 0.05) is 12.3 Å². The van der Waals surface area contributed by atoms with Gasteiger partial charge in [0.05, 0.1) is 0 Å². The summed E-state index contributed by atoms with van der Waals surface area (Å²) in [6.07, 6.45) is 6.43. The van der Waals surface area contributed by atoms with Crippen LogP contribution in [0.2, 0.25) is 0 Å². The van der Waals surface area contributed by atoms with Gasteiger partial charge in [0.15, 0.2) is 0 Å². The molecule has 0 aliphatic heterocycles. The van der Waals surface area contributed by atoms with E-state index in [4.69, 9.17) is 5.73 Å². The highest BCUT2D eigenvalue weighted by molar-refractivity contribution is 5.81. The Kier molecular flexibility index (Phi) is 4.11. The molecule has 0 spiro atoms. The zero-order valence-electron chi connectivity index (χ0n) is 9.51. The highest BCUT2D eigenvalue weighted by Crippen LogP contribution is 2.43. The van der Waals surface area contributed by atoms with Crippen molar-refractivity contribution in [1.82, 2.24) is 0 Å². The highest BCUT2D eigenvalue weighted by Gasteiger charge is 2.38. The minimum atomic E-state index is 0.194. The second-order valence-electron chi connectivity index (χ2n) is 4.89. The van der Waals surface area contributed by atoms with Gasteiger partial charge in [-0.3, -0.25) is 4.79 Å². The second kappa shape index (κ2) is 4.92. The third-order valence-electron chi connectivity index (χ3n) is 3.67. The van der Waals surface area contributed by atoms with E-state index in [-0.39, 0.29) is 11.3 Å². The van der Waals surface area contributed by atoms with Gasteiger partial charge in [-0.15, -0.1) is 0 Å². The molecule has 1 aliphatic carbocycles. The molecule has 1 aliphatic rings. The van der Waals surface area contributed by atoms with Gasteiger partial charge in [0.1, 0.15) is 5.78 Å². The van der Waals surface area contributed by atoms with E-state index in [1.807, 2.05) is 0 Å². The van der Waals surface area contributed by atoms with Crippen molar-refractivity contribution in [1.29, 1.82) is 0 Å². The number of rotatable bonds is 6. The number of carbonyl (C=O) groups excluding carboxylic acids is 1. The predicted octanol–water partition coefficient (Wildman–Crippen LogP) is 2.51. The van der Waals surface area contributed by atoms with E-state index in [0.717, 1.165) is 32.1 Å². The monoisotopic (exact) mass is 197 g/mol. The molecule has 14 heavy (non-hydrogen) atoms. The van der Waals surface area contributed by atoms with Crippen molar-refractivity contribution < 1.29 is 4.79 Å². The van der Waals surface area contributed by atoms with Gasteiger partial charge in [-0.1, -0.05) is 26.7 Å². The first kappa shape index (κ1) is 11.7. The lowest BCUT2D eigenvalue weighted by molar-refractivity contribution is -0.126. The average Bonchev–Trinajstić information content (AvgIpc) is 2.11. The maximum Gasteiger partial charge on any atom is 0.136 e. The summed E-state index contributed by atoms with van der Waals surface area (Å²) in [7, 11) is 0. The molecule has 2 N–H and O–H groups in total. The largest absolute Gasteiger partial charge is 0.330 e. The summed E-state index contributed by atoms with van der Waals surface area (Å²) >= 11 is 0. The normalized spacial score (nSPS) is 21.4. The summed E-state index contributed by atoms with van der Waals surface area (Å²) in [5.41, 5.74) is 5.93. The Labute approximate surface area is 87.2 Å². The standard InChI is InChI=1S/C12H23NO/c1-3-5-10(2)11(14)8-12(9-13)6-4-7-12/h10H,3-9,13H2,1-2H3. The van der Waals surface area contributed by atoms with E-state index in [2.05, 4.69) is 13.8 Å². The van der Waals surface area contributed by atoms with Crippen LogP contribution in [0.15, 0.2) is 0 Å². The fourth-order valence-electron chi connectivity index (χ4n) is 2.27. The Balaban J connectivity index is 2.38. The molecule has 0 aromatic heterocycles. The van der Waals surface area contributed by atoms with Crippen LogP contribution < -0.4 is 5.73 Å². The van der Waals surface area contributed by atoms with Crippen LogP contribution in [0.4, 0.5) is 0 Å². The SMILES string of the molecule is CCCC(C)C(=O)CC1(CN)CCC1. The summed E-state index contributed by atoms with van der Waals surface area (Å²) in [5, 5.41) is 0.